The third-order valence-corrected chi connectivity index (χ3v) is 2.68. The van der Waals surface area contributed by atoms with Crippen LogP contribution in [-0.4, -0.2) is 0 Å². The van der Waals surface area contributed by atoms with Gasteiger partial charge in [-0.05, 0) is 23.3 Å². The standard InChI is InChI=1S/C8H9BrS2/c9-8-2-1-6(4-10)7(3-8)5-11/h1-3,10-11H,4-5H2. The van der Waals surface area contributed by atoms with Gasteiger partial charge in [-0.3, -0.25) is 0 Å². The van der Waals surface area contributed by atoms with E-state index in [-0.39, 0.29) is 0 Å². The second-order valence-corrected chi connectivity index (χ2v) is 3.78. The van der Waals surface area contributed by atoms with E-state index < -0.39 is 0 Å². The van der Waals surface area contributed by atoms with Gasteiger partial charge in [0.25, 0.3) is 0 Å². The van der Waals surface area contributed by atoms with Gasteiger partial charge in [-0.15, -0.1) is 0 Å². The van der Waals surface area contributed by atoms with Crippen molar-refractivity contribution >= 4 is 41.2 Å². The fourth-order valence-electron chi connectivity index (χ4n) is 0.896. The van der Waals surface area contributed by atoms with Crippen molar-refractivity contribution in [1.29, 1.82) is 0 Å². The number of hydrogen-bond donors (Lipinski definition) is 2. The van der Waals surface area contributed by atoms with Crippen LogP contribution in [0.4, 0.5) is 0 Å². The van der Waals surface area contributed by atoms with Crippen molar-refractivity contribution in [3.63, 3.8) is 0 Å². The van der Waals surface area contributed by atoms with Gasteiger partial charge < -0.3 is 0 Å². The Morgan fingerprint density at radius 2 is 1.73 bits per heavy atom. The number of halogens is 1. The maximum atomic E-state index is 4.23. The van der Waals surface area contributed by atoms with Crippen molar-refractivity contribution in [3.05, 3.63) is 33.8 Å². The topological polar surface area (TPSA) is 0 Å². The minimum absolute atomic E-state index is 0.773. The zero-order valence-corrected chi connectivity index (χ0v) is 9.29. The van der Waals surface area contributed by atoms with Gasteiger partial charge in [0.1, 0.15) is 0 Å². The van der Waals surface area contributed by atoms with Gasteiger partial charge in [0.2, 0.25) is 0 Å². The van der Waals surface area contributed by atoms with Crippen molar-refractivity contribution in [1.82, 2.24) is 0 Å². The van der Waals surface area contributed by atoms with Crippen molar-refractivity contribution in [2.24, 2.45) is 0 Å². The van der Waals surface area contributed by atoms with Crippen molar-refractivity contribution < 1.29 is 0 Å². The Balaban J connectivity index is 3.06. The molecule has 1 aromatic rings. The first-order valence-corrected chi connectivity index (χ1v) is 5.32. The second-order valence-electron chi connectivity index (χ2n) is 2.23. The Morgan fingerprint density at radius 3 is 2.27 bits per heavy atom. The molecular weight excluding hydrogens is 240 g/mol. The van der Waals surface area contributed by atoms with E-state index >= 15 is 0 Å². The van der Waals surface area contributed by atoms with E-state index in [0.717, 1.165) is 16.0 Å². The Bertz CT molecular complexity index is 248. The molecular formula is C8H9BrS2. The van der Waals surface area contributed by atoms with Crippen LogP contribution in [0.1, 0.15) is 11.1 Å². The van der Waals surface area contributed by atoms with Crippen molar-refractivity contribution in [3.8, 4) is 0 Å². The van der Waals surface area contributed by atoms with Crippen molar-refractivity contribution in [2.75, 3.05) is 0 Å². The van der Waals surface area contributed by atoms with Crippen LogP contribution in [0.15, 0.2) is 22.7 Å². The molecule has 0 nitrogen and oxygen atoms in total. The maximum Gasteiger partial charge on any atom is 0.0178 e. The molecule has 0 saturated heterocycles. The molecule has 0 atom stereocenters. The molecule has 0 saturated carbocycles. The first kappa shape index (κ1) is 9.49. The largest absolute Gasteiger partial charge is 0.175 e. The Morgan fingerprint density at radius 1 is 1.09 bits per heavy atom. The minimum Gasteiger partial charge on any atom is -0.175 e. The minimum atomic E-state index is 0.773. The number of thiol groups is 2. The summed E-state index contributed by atoms with van der Waals surface area (Å²) in [7, 11) is 0. The lowest BCUT2D eigenvalue weighted by Gasteiger charge is -2.03. The lowest BCUT2D eigenvalue weighted by molar-refractivity contribution is 1.28. The number of hydrogen-bond acceptors (Lipinski definition) is 2. The summed E-state index contributed by atoms with van der Waals surface area (Å²) >= 11 is 11.9. The van der Waals surface area contributed by atoms with E-state index in [4.69, 9.17) is 0 Å². The Kier molecular flexibility index (Phi) is 3.82. The smallest absolute Gasteiger partial charge is 0.0178 e. The van der Waals surface area contributed by atoms with E-state index in [2.05, 4.69) is 53.3 Å². The molecule has 0 fully saturated rings. The molecule has 1 rings (SSSR count). The summed E-state index contributed by atoms with van der Waals surface area (Å²) in [6, 6.07) is 6.18. The molecule has 0 aliphatic heterocycles. The normalized spacial score (nSPS) is 10.1. The summed E-state index contributed by atoms with van der Waals surface area (Å²) < 4.78 is 1.10. The third kappa shape index (κ3) is 2.42. The quantitative estimate of drug-likeness (QED) is 0.738. The summed E-state index contributed by atoms with van der Waals surface area (Å²) in [6.45, 7) is 0. The highest BCUT2D eigenvalue weighted by Crippen LogP contribution is 2.19. The van der Waals surface area contributed by atoms with Crippen LogP contribution in [0.3, 0.4) is 0 Å². The van der Waals surface area contributed by atoms with E-state index in [9.17, 15) is 0 Å². The van der Waals surface area contributed by atoms with Crippen LogP contribution < -0.4 is 0 Å². The molecule has 3 heteroatoms. The van der Waals surface area contributed by atoms with Crippen LogP contribution in [0.5, 0.6) is 0 Å². The van der Waals surface area contributed by atoms with Crippen LogP contribution in [0.2, 0.25) is 0 Å². The van der Waals surface area contributed by atoms with Gasteiger partial charge in [0.15, 0.2) is 0 Å². The molecule has 0 N–H and O–H groups in total. The zero-order chi connectivity index (χ0) is 8.27. The second kappa shape index (κ2) is 4.43. The van der Waals surface area contributed by atoms with Gasteiger partial charge in [0.05, 0.1) is 0 Å². The van der Waals surface area contributed by atoms with Gasteiger partial charge >= 0.3 is 0 Å². The van der Waals surface area contributed by atoms with Gasteiger partial charge in [-0.1, -0.05) is 22.0 Å². The first-order chi connectivity index (χ1) is 5.27. The molecule has 0 bridgehead atoms. The predicted molar refractivity (Wildman–Crippen MR) is 59.5 cm³/mol. The fraction of sp³-hybridized carbons (Fsp3) is 0.250. The summed E-state index contributed by atoms with van der Waals surface area (Å²) in [5.74, 6) is 1.55. The van der Waals surface area contributed by atoms with Gasteiger partial charge in [-0.25, -0.2) is 0 Å². The summed E-state index contributed by atoms with van der Waals surface area (Å²) in [6.07, 6.45) is 0. The van der Waals surface area contributed by atoms with Gasteiger partial charge in [-0.2, -0.15) is 25.3 Å². The van der Waals surface area contributed by atoms with E-state index in [1.807, 2.05) is 6.07 Å². The lowest BCUT2D eigenvalue weighted by Crippen LogP contribution is -1.87. The van der Waals surface area contributed by atoms with Crippen LogP contribution >= 0.6 is 41.2 Å². The maximum absolute atomic E-state index is 4.23. The van der Waals surface area contributed by atoms with E-state index in [0.29, 0.717) is 0 Å². The summed E-state index contributed by atoms with van der Waals surface area (Å²) in [5, 5.41) is 0. The fourth-order valence-corrected chi connectivity index (χ4v) is 1.91. The third-order valence-electron chi connectivity index (χ3n) is 1.51. The average molecular weight is 249 g/mol. The number of rotatable bonds is 2. The highest BCUT2D eigenvalue weighted by atomic mass is 79.9. The van der Waals surface area contributed by atoms with Gasteiger partial charge in [0, 0.05) is 16.0 Å². The molecule has 1 aromatic carbocycles. The predicted octanol–water partition coefficient (Wildman–Crippen LogP) is 3.31. The Hall–Kier alpha value is 0.400. The van der Waals surface area contributed by atoms with E-state index in [1.165, 1.54) is 11.1 Å². The van der Waals surface area contributed by atoms with Crippen LogP contribution in [-0.2, 0) is 11.5 Å². The van der Waals surface area contributed by atoms with Crippen LogP contribution in [0, 0.1) is 0 Å². The molecule has 0 heterocycles. The SMILES string of the molecule is SCc1ccc(Br)cc1CS. The highest BCUT2D eigenvalue weighted by molar-refractivity contribution is 9.10. The summed E-state index contributed by atoms with van der Waals surface area (Å²) in [4.78, 5) is 0. The Labute approximate surface area is 86.3 Å². The summed E-state index contributed by atoms with van der Waals surface area (Å²) in [5.41, 5.74) is 2.50. The van der Waals surface area contributed by atoms with Crippen molar-refractivity contribution in [2.45, 2.75) is 11.5 Å². The molecule has 0 aromatic heterocycles. The van der Waals surface area contributed by atoms with Crippen LogP contribution in [0.25, 0.3) is 0 Å². The lowest BCUT2D eigenvalue weighted by atomic mass is 10.1. The number of benzene rings is 1. The first-order valence-electron chi connectivity index (χ1n) is 3.27. The average Bonchev–Trinajstić information content (AvgIpc) is 2.04. The molecule has 0 aliphatic carbocycles. The zero-order valence-electron chi connectivity index (χ0n) is 5.92. The monoisotopic (exact) mass is 248 g/mol. The molecule has 0 spiro atoms. The van der Waals surface area contributed by atoms with E-state index in [1.54, 1.807) is 0 Å². The molecule has 0 aliphatic rings. The molecule has 0 amide bonds. The molecule has 60 valence electrons. The molecule has 0 unspecified atom stereocenters. The highest BCUT2D eigenvalue weighted by Gasteiger charge is 1.98. The molecule has 11 heavy (non-hydrogen) atoms. The molecule has 0 radical (unpaired) electrons.